The molecule has 0 aliphatic carbocycles. The van der Waals surface area contributed by atoms with Crippen LogP contribution in [0.4, 0.5) is 0 Å². The molecular formula is C17H29NOS. The van der Waals surface area contributed by atoms with Gasteiger partial charge in [0.15, 0.2) is 0 Å². The van der Waals surface area contributed by atoms with E-state index in [4.69, 9.17) is 4.74 Å². The molecule has 0 spiro atoms. The monoisotopic (exact) mass is 295 g/mol. The van der Waals surface area contributed by atoms with E-state index in [1.54, 1.807) is 0 Å². The first-order valence-corrected chi connectivity index (χ1v) is 8.70. The number of ether oxygens (including phenoxy) is 1. The van der Waals surface area contributed by atoms with Crippen molar-refractivity contribution in [3.8, 4) is 5.75 Å². The Kier molecular flexibility index (Phi) is 6.90. The standard InChI is InChI=1S/C17H29NOS/c1-13-10-15(12-18-17(3,4)5)11-14(2)16(13)19-8-7-9-20-6/h10-11,18H,7-9,12H2,1-6H3. The lowest BCUT2D eigenvalue weighted by Crippen LogP contribution is -2.35. The Labute approximate surface area is 128 Å². The number of thioether (sulfide) groups is 1. The molecule has 0 aromatic heterocycles. The van der Waals surface area contributed by atoms with Gasteiger partial charge in [0.1, 0.15) is 5.75 Å². The lowest BCUT2D eigenvalue weighted by molar-refractivity contribution is 0.314. The van der Waals surface area contributed by atoms with Gasteiger partial charge in [-0.25, -0.2) is 0 Å². The molecule has 0 aliphatic rings. The summed E-state index contributed by atoms with van der Waals surface area (Å²) >= 11 is 1.87. The van der Waals surface area contributed by atoms with Crippen molar-refractivity contribution in [3.63, 3.8) is 0 Å². The maximum Gasteiger partial charge on any atom is 0.125 e. The molecule has 2 nitrogen and oxygen atoms in total. The molecule has 0 atom stereocenters. The molecule has 1 rings (SSSR count). The van der Waals surface area contributed by atoms with Gasteiger partial charge >= 0.3 is 0 Å². The Bertz CT molecular complexity index is 400. The first-order valence-electron chi connectivity index (χ1n) is 7.30. The third kappa shape index (κ3) is 6.19. The Morgan fingerprint density at radius 3 is 2.25 bits per heavy atom. The van der Waals surface area contributed by atoms with Gasteiger partial charge < -0.3 is 10.1 Å². The second-order valence-electron chi connectivity index (χ2n) is 6.36. The van der Waals surface area contributed by atoms with Crippen molar-refractivity contribution in [2.24, 2.45) is 0 Å². The van der Waals surface area contributed by atoms with Gasteiger partial charge in [-0.2, -0.15) is 11.8 Å². The largest absolute Gasteiger partial charge is 0.493 e. The molecule has 0 saturated carbocycles. The minimum absolute atomic E-state index is 0.148. The van der Waals surface area contributed by atoms with E-state index in [1.807, 2.05) is 11.8 Å². The molecule has 20 heavy (non-hydrogen) atoms. The minimum Gasteiger partial charge on any atom is -0.493 e. The Morgan fingerprint density at radius 1 is 1.15 bits per heavy atom. The fourth-order valence-corrected chi connectivity index (χ4v) is 2.52. The third-order valence-electron chi connectivity index (χ3n) is 3.08. The van der Waals surface area contributed by atoms with Crippen molar-refractivity contribution < 1.29 is 4.74 Å². The first kappa shape index (κ1) is 17.4. The van der Waals surface area contributed by atoms with Crippen LogP contribution in [0, 0.1) is 13.8 Å². The van der Waals surface area contributed by atoms with Gasteiger partial charge in [0.2, 0.25) is 0 Å². The van der Waals surface area contributed by atoms with Crippen LogP contribution in [0.3, 0.4) is 0 Å². The zero-order valence-electron chi connectivity index (χ0n) is 13.8. The average Bonchev–Trinajstić information content (AvgIpc) is 2.34. The second-order valence-corrected chi connectivity index (χ2v) is 7.34. The fraction of sp³-hybridized carbons (Fsp3) is 0.647. The van der Waals surface area contributed by atoms with E-state index in [-0.39, 0.29) is 5.54 Å². The molecule has 0 heterocycles. The molecule has 0 fully saturated rings. The van der Waals surface area contributed by atoms with Crippen molar-refractivity contribution in [3.05, 3.63) is 28.8 Å². The van der Waals surface area contributed by atoms with Crippen LogP contribution in [0.5, 0.6) is 5.75 Å². The summed E-state index contributed by atoms with van der Waals surface area (Å²) in [6, 6.07) is 4.46. The van der Waals surface area contributed by atoms with Gasteiger partial charge in [-0.05, 0) is 69.7 Å². The van der Waals surface area contributed by atoms with E-state index in [1.165, 1.54) is 16.7 Å². The van der Waals surface area contributed by atoms with Crippen LogP contribution in [-0.2, 0) is 6.54 Å². The SMILES string of the molecule is CSCCCOc1c(C)cc(CNC(C)(C)C)cc1C. The normalized spacial score (nSPS) is 11.7. The Hall–Kier alpha value is -0.670. The van der Waals surface area contributed by atoms with Crippen molar-refractivity contribution >= 4 is 11.8 Å². The smallest absolute Gasteiger partial charge is 0.125 e. The summed E-state index contributed by atoms with van der Waals surface area (Å²) in [5.41, 5.74) is 3.94. The van der Waals surface area contributed by atoms with Crippen LogP contribution in [-0.4, -0.2) is 24.2 Å². The highest BCUT2D eigenvalue weighted by molar-refractivity contribution is 7.98. The lowest BCUT2D eigenvalue weighted by Gasteiger charge is -2.21. The van der Waals surface area contributed by atoms with E-state index in [2.05, 4.69) is 58.3 Å². The first-order chi connectivity index (χ1) is 9.33. The minimum atomic E-state index is 0.148. The van der Waals surface area contributed by atoms with Gasteiger partial charge in [0.25, 0.3) is 0 Å². The zero-order chi connectivity index (χ0) is 15.2. The van der Waals surface area contributed by atoms with Gasteiger partial charge in [0, 0.05) is 12.1 Å². The molecule has 1 N–H and O–H groups in total. The van der Waals surface area contributed by atoms with Crippen LogP contribution in [0.25, 0.3) is 0 Å². The number of benzene rings is 1. The molecule has 1 aromatic rings. The van der Waals surface area contributed by atoms with Gasteiger partial charge in [0.05, 0.1) is 6.61 Å². The van der Waals surface area contributed by atoms with E-state index in [0.717, 1.165) is 31.1 Å². The molecule has 0 radical (unpaired) electrons. The lowest BCUT2D eigenvalue weighted by atomic mass is 10.0. The Balaban J connectivity index is 2.66. The van der Waals surface area contributed by atoms with E-state index in [9.17, 15) is 0 Å². The summed E-state index contributed by atoms with van der Waals surface area (Å²) in [7, 11) is 0. The van der Waals surface area contributed by atoms with Crippen LogP contribution < -0.4 is 10.1 Å². The summed E-state index contributed by atoms with van der Waals surface area (Å²) in [4.78, 5) is 0. The average molecular weight is 295 g/mol. The van der Waals surface area contributed by atoms with E-state index in [0.29, 0.717) is 0 Å². The molecule has 3 heteroatoms. The van der Waals surface area contributed by atoms with Crippen molar-refractivity contribution in [1.82, 2.24) is 5.32 Å². The second kappa shape index (κ2) is 7.94. The maximum absolute atomic E-state index is 5.94. The van der Waals surface area contributed by atoms with Gasteiger partial charge in [-0.15, -0.1) is 0 Å². The molecule has 0 amide bonds. The number of nitrogens with one attached hydrogen (secondary N) is 1. The van der Waals surface area contributed by atoms with Crippen LogP contribution in [0.2, 0.25) is 0 Å². The van der Waals surface area contributed by atoms with Gasteiger partial charge in [-0.1, -0.05) is 12.1 Å². The molecule has 1 aromatic carbocycles. The summed E-state index contributed by atoms with van der Waals surface area (Å²) in [6.45, 7) is 12.6. The topological polar surface area (TPSA) is 21.3 Å². The number of hydrogen-bond donors (Lipinski definition) is 1. The van der Waals surface area contributed by atoms with Crippen molar-refractivity contribution in [2.45, 2.75) is 53.1 Å². The molecule has 0 saturated heterocycles. The Morgan fingerprint density at radius 2 is 1.75 bits per heavy atom. The zero-order valence-corrected chi connectivity index (χ0v) is 14.6. The quantitative estimate of drug-likeness (QED) is 0.757. The van der Waals surface area contributed by atoms with E-state index < -0.39 is 0 Å². The molecule has 0 aliphatic heterocycles. The molecule has 114 valence electrons. The fourth-order valence-electron chi connectivity index (χ4n) is 2.11. The van der Waals surface area contributed by atoms with Crippen molar-refractivity contribution in [1.29, 1.82) is 0 Å². The third-order valence-corrected chi connectivity index (χ3v) is 3.78. The predicted molar refractivity (Wildman–Crippen MR) is 91.0 cm³/mol. The summed E-state index contributed by atoms with van der Waals surface area (Å²) in [6.07, 6.45) is 3.24. The van der Waals surface area contributed by atoms with Crippen LogP contribution in [0.15, 0.2) is 12.1 Å². The van der Waals surface area contributed by atoms with Crippen LogP contribution in [0.1, 0.15) is 43.9 Å². The van der Waals surface area contributed by atoms with E-state index >= 15 is 0 Å². The summed E-state index contributed by atoms with van der Waals surface area (Å²) < 4.78 is 5.94. The van der Waals surface area contributed by atoms with Crippen LogP contribution >= 0.6 is 11.8 Å². The molecule has 0 unspecified atom stereocenters. The maximum atomic E-state index is 5.94. The number of aryl methyl sites for hydroxylation is 2. The predicted octanol–water partition coefficient (Wildman–Crippen LogP) is 4.32. The highest BCUT2D eigenvalue weighted by Gasteiger charge is 2.11. The highest BCUT2D eigenvalue weighted by Crippen LogP contribution is 2.25. The molecular weight excluding hydrogens is 266 g/mol. The molecule has 0 bridgehead atoms. The van der Waals surface area contributed by atoms with Gasteiger partial charge in [-0.3, -0.25) is 0 Å². The van der Waals surface area contributed by atoms with Crippen molar-refractivity contribution in [2.75, 3.05) is 18.6 Å². The summed E-state index contributed by atoms with van der Waals surface area (Å²) in [5.74, 6) is 2.22. The highest BCUT2D eigenvalue weighted by atomic mass is 32.2. The summed E-state index contributed by atoms with van der Waals surface area (Å²) in [5, 5.41) is 3.53. The number of hydrogen-bond acceptors (Lipinski definition) is 3. The number of rotatable bonds is 7.